The molecular weight excluding hydrogens is 232 g/mol. The highest BCUT2D eigenvalue weighted by Gasteiger charge is 2.19. The maximum Gasteiger partial charge on any atom is 0.206 e. The van der Waals surface area contributed by atoms with Gasteiger partial charge in [-0.1, -0.05) is 55.1 Å². The third-order valence-electron chi connectivity index (χ3n) is 2.47. The van der Waals surface area contributed by atoms with Gasteiger partial charge >= 0.3 is 0 Å². The van der Waals surface area contributed by atoms with Crippen molar-refractivity contribution in [3.8, 4) is 0 Å². The number of sulfone groups is 1. The summed E-state index contributed by atoms with van der Waals surface area (Å²) in [6.07, 6.45) is 0. The molecule has 0 atom stereocenters. The van der Waals surface area contributed by atoms with Crippen molar-refractivity contribution in [1.82, 2.24) is 0 Å². The summed E-state index contributed by atoms with van der Waals surface area (Å²) in [6, 6.07) is 17.2. The van der Waals surface area contributed by atoms with Crippen LogP contribution < -0.4 is 0 Å². The Bertz CT molecular complexity index is 614. The second kappa shape index (κ2) is 4.55. The molecule has 0 amide bonds. The van der Waals surface area contributed by atoms with E-state index < -0.39 is 9.84 Å². The SMILES string of the molecule is C=C(c1ccccc1)S(=O)(=O)c1ccccc1. The fourth-order valence-corrected chi connectivity index (χ4v) is 2.77. The highest BCUT2D eigenvalue weighted by atomic mass is 32.2. The minimum Gasteiger partial charge on any atom is -0.219 e. The first kappa shape index (κ1) is 11.6. The Hall–Kier alpha value is -1.87. The van der Waals surface area contributed by atoms with E-state index in [1.54, 1.807) is 54.6 Å². The molecule has 0 saturated carbocycles. The van der Waals surface area contributed by atoms with E-state index in [1.807, 2.05) is 6.07 Å². The number of hydrogen-bond donors (Lipinski definition) is 0. The van der Waals surface area contributed by atoms with Crippen LogP contribution in [-0.2, 0) is 9.84 Å². The fourth-order valence-electron chi connectivity index (χ4n) is 1.52. The van der Waals surface area contributed by atoms with Gasteiger partial charge in [0, 0.05) is 0 Å². The van der Waals surface area contributed by atoms with E-state index in [0.29, 0.717) is 5.56 Å². The summed E-state index contributed by atoms with van der Waals surface area (Å²) in [5.41, 5.74) is 0.622. The van der Waals surface area contributed by atoms with Crippen LogP contribution in [0.25, 0.3) is 4.91 Å². The Balaban J connectivity index is 2.45. The van der Waals surface area contributed by atoms with Crippen LogP contribution in [0.2, 0.25) is 0 Å². The van der Waals surface area contributed by atoms with Crippen molar-refractivity contribution in [1.29, 1.82) is 0 Å². The molecule has 0 aliphatic rings. The maximum atomic E-state index is 12.2. The van der Waals surface area contributed by atoms with E-state index in [1.165, 1.54) is 0 Å². The molecule has 0 heterocycles. The lowest BCUT2D eigenvalue weighted by Crippen LogP contribution is -2.02. The predicted octanol–water partition coefficient (Wildman–Crippen LogP) is 3.13. The lowest BCUT2D eigenvalue weighted by atomic mass is 10.2. The molecule has 2 rings (SSSR count). The quantitative estimate of drug-likeness (QED) is 0.831. The van der Waals surface area contributed by atoms with Gasteiger partial charge in [-0.2, -0.15) is 0 Å². The zero-order valence-corrected chi connectivity index (χ0v) is 10.0. The normalized spacial score (nSPS) is 11.1. The van der Waals surface area contributed by atoms with Crippen molar-refractivity contribution < 1.29 is 8.42 Å². The lowest BCUT2D eigenvalue weighted by molar-refractivity contribution is 0.606. The minimum atomic E-state index is -3.49. The van der Waals surface area contributed by atoms with E-state index >= 15 is 0 Å². The second-order valence-electron chi connectivity index (χ2n) is 3.61. The van der Waals surface area contributed by atoms with Crippen LogP contribution in [-0.4, -0.2) is 8.42 Å². The molecule has 0 radical (unpaired) electrons. The zero-order valence-electron chi connectivity index (χ0n) is 9.21. The largest absolute Gasteiger partial charge is 0.219 e. The average molecular weight is 244 g/mol. The Morgan fingerprint density at radius 2 is 1.29 bits per heavy atom. The smallest absolute Gasteiger partial charge is 0.206 e. The minimum absolute atomic E-state index is 0.129. The van der Waals surface area contributed by atoms with Crippen LogP contribution in [0.1, 0.15) is 5.56 Å². The summed E-state index contributed by atoms with van der Waals surface area (Å²) in [6.45, 7) is 3.69. The van der Waals surface area contributed by atoms with Crippen molar-refractivity contribution in [2.75, 3.05) is 0 Å². The summed E-state index contributed by atoms with van der Waals surface area (Å²) in [5.74, 6) is 0. The number of rotatable bonds is 3. The summed E-state index contributed by atoms with van der Waals surface area (Å²) < 4.78 is 24.5. The Labute approximate surface area is 101 Å². The monoisotopic (exact) mass is 244 g/mol. The van der Waals surface area contributed by atoms with E-state index in [-0.39, 0.29) is 9.80 Å². The van der Waals surface area contributed by atoms with E-state index in [2.05, 4.69) is 6.58 Å². The summed E-state index contributed by atoms with van der Waals surface area (Å²) in [7, 11) is -3.49. The van der Waals surface area contributed by atoms with Crippen LogP contribution in [0, 0.1) is 0 Å². The van der Waals surface area contributed by atoms with Crippen LogP contribution in [0.5, 0.6) is 0 Å². The maximum absolute atomic E-state index is 12.2. The third kappa shape index (κ3) is 2.29. The molecule has 0 spiro atoms. The standard InChI is InChI=1S/C14H12O2S/c1-12(13-8-4-2-5-9-13)17(15,16)14-10-6-3-7-11-14/h2-11H,1H2. The van der Waals surface area contributed by atoms with Crippen molar-refractivity contribution in [3.63, 3.8) is 0 Å². The Morgan fingerprint density at radius 3 is 1.82 bits per heavy atom. The van der Waals surface area contributed by atoms with Crippen molar-refractivity contribution in [3.05, 3.63) is 72.8 Å². The number of hydrogen-bond acceptors (Lipinski definition) is 2. The Morgan fingerprint density at radius 1 is 0.824 bits per heavy atom. The van der Waals surface area contributed by atoms with Crippen molar-refractivity contribution in [2.24, 2.45) is 0 Å². The van der Waals surface area contributed by atoms with Gasteiger partial charge < -0.3 is 0 Å². The molecule has 2 nitrogen and oxygen atoms in total. The summed E-state index contributed by atoms with van der Waals surface area (Å²) in [4.78, 5) is 0.401. The zero-order chi connectivity index (χ0) is 12.3. The third-order valence-corrected chi connectivity index (χ3v) is 4.25. The first-order valence-corrected chi connectivity index (χ1v) is 6.65. The van der Waals surface area contributed by atoms with Gasteiger partial charge in [-0.3, -0.25) is 0 Å². The van der Waals surface area contributed by atoms with Gasteiger partial charge in [-0.15, -0.1) is 0 Å². The molecule has 0 saturated heterocycles. The molecule has 0 aliphatic heterocycles. The van der Waals surface area contributed by atoms with Crippen LogP contribution in [0.15, 0.2) is 72.1 Å². The first-order valence-electron chi connectivity index (χ1n) is 5.17. The van der Waals surface area contributed by atoms with Gasteiger partial charge in [-0.05, 0) is 17.7 Å². The molecule has 0 fully saturated rings. The van der Waals surface area contributed by atoms with Crippen LogP contribution in [0.3, 0.4) is 0 Å². The summed E-state index contributed by atoms with van der Waals surface area (Å²) >= 11 is 0. The van der Waals surface area contributed by atoms with E-state index in [9.17, 15) is 8.42 Å². The van der Waals surface area contributed by atoms with Gasteiger partial charge in [0.15, 0.2) is 0 Å². The van der Waals surface area contributed by atoms with Gasteiger partial charge in [0.1, 0.15) is 0 Å². The molecule has 86 valence electrons. The molecule has 0 N–H and O–H groups in total. The van der Waals surface area contributed by atoms with Crippen molar-refractivity contribution >= 4 is 14.7 Å². The predicted molar refractivity (Wildman–Crippen MR) is 69.1 cm³/mol. The van der Waals surface area contributed by atoms with Gasteiger partial charge in [0.05, 0.1) is 9.80 Å². The fraction of sp³-hybridized carbons (Fsp3) is 0. The highest BCUT2D eigenvalue weighted by Crippen LogP contribution is 2.25. The number of benzene rings is 2. The molecule has 17 heavy (non-hydrogen) atoms. The van der Waals surface area contributed by atoms with Gasteiger partial charge in [-0.25, -0.2) is 8.42 Å². The average Bonchev–Trinajstić information content (AvgIpc) is 2.40. The van der Waals surface area contributed by atoms with Crippen molar-refractivity contribution in [2.45, 2.75) is 4.90 Å². The molecule has 0 aliphatic carbocycles. The molecular formula is C14H12O2S. The van der Waals surface area contributed by atoms with Gasteiger partial charge in [0.2, 0.25) is 9.84 Å². The molecule has 2 aromatic carbocycles. The lowest BCUT2D eigenvalue weighted by Gasteiger charge is -2.07. The molecule has 3 heteroatoms. The first-order chi connectivity index (χ1) is 8.12. The van der Waals surface area contributed by atoms with E-state index in [0.717, 1.165) is 0 Å². The van der Waals surface area contributed by atoms with Gasteiger partial charge in [0.25, 0.3) is 0 Å². The molecule has 0 unspecified atom stereocenters. The van der Waals surface area contributed by atoms with E-state index in [4.69, 9.17) is 0 Å². The highest BCUT2D eigenvalue weighted by molar-refractivity contribution is 8.00. The summed E-state index contributed by atoms with van der Waals surface area (Å²) in [5, 5.41) is 0. The van der Waals surface area contributed by atoms with Crippen LogP contribution >= 0.6 is 0 Å². The topological polar surface area (TPSA) is 34.1 Å². The van der Waals surface area contributed by atoms with Crippen LogP contribution in [0.4, 0.5) is 0 Å². The molecule has 0 aromatic heterocycles. The second-order valence-corrected chi connectivity index (χ2v) is 5.58. The Kier molecular flexibility index (Phi) is 3.11. The molecule has 0 bridgehead atoms. The molecule has 2 aromatic rings.